The van der Waals surface area contributed by atoms with Gasteiger partial charge in [-0.25, -0.2) is 4.79 Å². The van der Waals surface area contributed by atoms with E-state index in [-0.39, 0.29) is 10.6 Å². The van der Waals surface area contributed by atoms with Gasteiger partial charge in [-0.2, -0.15) is 0 Å². The van der Waals surface area contributed by atoms with E-state index in [4.69, 9.17) is 5.11 Å². The lowest BCUT2D eigenvalue weighted by molar-refractivity contribution is -0.131. The maximum atomic E-state index is 11.9. The normalized spacial score (nSPS) is 12.6. The van der Waals surface area contributed by atoms with E-state index in [9.17, 15) is 9.59 Å². The molecule has 1 rings (SSSR count). The second-order valence-electron chi connectivity index (χ2n) is 3.42. The fourth-order valence-corrected chi connectivity index (χ4v) is 1.75. The van der Waals surface area contributed by atoms with Gasteiger partial charge in [-0.05, 0) is 36.8 Å². The summed E-state index contributed by atoms with van der Waals surface area (Å²) in [5, 5.41) is 8.58. The Balaban J connectivity index is 3.21. The molecule has 0 aromatic heterocycles. The molecule has 0 saturated carbocycles. The highest BCUT2D eigenvalue weighted by atomic mass is 79.9. The zero-order valence-corrected chi connectivity index (χ0v) is 11.5. The van der Waals surface area contributed by atoms with Crippen molar-refractivity contribution in [2.45, 2.75) is 16.6 Å². The Morgan fingerprint density at radius 1 is 1.47 bits per heavy atom. The standard InChI is InChI=1S/C12H11BrO3S/c1-7(13)12(16)10-4-3-9(17)6-8(10)2-5-11(14)15/h2-7,17H,1H3,(H,14,15). The zero-order chi connectivity index (χ0) is 13.0. The van der Waals surface area contributed by atoms with Gasteiger partial charge in [-0.3, -0.25) is 4.79 Å². The molecule has 0 amide bonds. The molecule has 1 N–H and O–H groups in total. The highest BCUT2D eigenvalue weighted by Crippen LogP contribution is 2.20. The number of thiol groups is 1. The molecule has 0 bridgehead atoms. The van der Waals surface area contributed by atoms with Crippen LogP contribution in [-0.2, 0) is 4.79 Å². The van der Waals surface area contributed by atoms with Crippen LogP contribution in [0, 0.1) is 0 Å². The second-order valence-corrected chi connectivity index (χ2v) is 5.31. The van der Waals surface area contributed by atoms with Gasteiger partial charge in [-0.15, -0.1) is 12.6 Å². The SMILES string of the molecule is CC(Br)C(=O)c1ccc(S)cc1C=CC(=O)O. The van der Waals surface area contributed by atoms with Crippen molar-refractivity contribution < 1.29 is 14.7 Å². The lowest BCUT2D eigenvalue weighted by atomic mass is 10.0. The summed E-state index contributed by atoms with van der Waals surface area (Å²) in [5.74, 6) is -1.15. The number of carboxylic acids is 1. The third kappa shape index (κ3) is 4.02. The topological polar surface area (TPSA) is 54.4 Å². The average Bonchev–Trinajstić information content (AvgIpc) is 2.25. The van der Waals surface area contributed by atoms with Gasteiger partial charge in [0.25, 0.3) is 0 Å². The van der Waals surface area contributed by atoms with Crippen LogP contribution in [0.5, 0.6) is 0 Å². The predicted molar refractivity (Wildman–Crippen MR) is 73.1 cm³/mol. The van der Waals surface area contributed by atoms with Crippen LogP contribution in [-0.4, -0.2) is 21.7 Å². The van der Waals surface area contributed by atoms with Gasteiger partial charge in [0.15, 0.2) is 5.78 Å². The maximum Gasteiger partial charge on any atom is 0.328 e. The van der Waals surface area contributed by atoms with Crippen molar-refractivity contribution in [3.63, 3.8) is 0 Å². The summed E-state index contributed by atoms with van der Waals surface area (Å²) in [4.78, 5) is 22.7. The van der Waals surface area contributed by atoms with Crippen LogP contribution in [0.25, 0.3) is 6.08 Å². The summed E-state index contributed by atoms with van der Waals surface area (Å²) in [5.41, 5.74) is 1.03. The monoisotopic (exact) mass is 314 g/mol. The molecule has 90 valence electrons. The molecule has 1 aromatic rings. The molecule has 0 aliphatic heterocycles. The van der Waals surface area contributed by atoms with Gasteiger partial charge >= 0.3 is 5.97 Å². The zero-order valence-electron chi connectivity index (χ0n) is 9.05. The molecule has 1 unspecified atom stereocenters. The molecule has 0 aliphatic rings. The van der Waals surface area contributed by atoms with E-state index in [0.29, 0.717) is 16.0 Å². The number of carbonyl (C=O) groups is 2. The molecule has 0 heterocycles. The molecule has 0 fully saturated rings. The molecule has 3 nitrogen and oxygen atoms in total. The molecule has 5 heteroatoms. The average molecular weight is 315 g/mol. The van der Waals surface area contributed by atoms with Crippen molar-refractivity contribution in [2.24, 2.45) is 0 Å². The van der Waals surface area contributed by atoms with Crippen LogP contribution in [0.15, 0.2) is 29.2 Å². The molecule has 0 aliphatic carbocycles. The summed E-state index contributed by atoms with van der Waals surface area (Å²) in [7, 11) is 0. The molecule has 0 spiro atoms. The number of benzene rings is 1. The summed E-state index contributed by atoms with van der Waals surface area (Å²) in [6.45, 7) is 1.72. The van der Waals surface area contributed by atoms with Crippen LogP contribution < -0.4 is 0 Å². The van der Waals surface area contributed by atoms with Crippen molar-refractivity contribution in [3.8, 4) is 0 Å². The van der Waals surface area contributed by atoms with Gasteiger partial charge in [0.05, 0.1) is 4.83 Å². The second kappa shape index (κ2) is 6.02. The fourth-order valence-electron chi connectivity index (χ4n) is 1.29. The van der Waals surface area contributed by atoms with Gasteiger partial charge in [0.2, 0.25) is 0 Å². The molecular weight excluding hydrogens is 304 g/mol. The minimum absolute atomic E-state index is 0.0941. The van der Waals surface area contributed by atoms with Crippen LogP contribution >= 0.6 is 28.6 Å². The van der Waals surface area contributed by atoms with Crippen LogP contribution in [0.1, 0.15) is 22.8 Å². The first kappa shape index (κ1) is 14.0. The first-order valence-electron chi connectivity index (χ1n) is 4.84. The number of ketones is 1. The first-order chi connectivity index (χ1) is 7.91. The fraction of sp³-hybridized carbons (Fsp3) is 0.167. The van der Waals surface area contributed by atoms with E-state index >= 15 is 0 Å². The highest BCUT2D eigenvalue weighted by molar-refractivity contribution is 9.10. The van der Waals surface area contributed by atoms with Crippen molar-refractivity contribution >= 4 is 46.4 Å². The summed E-state index contributed by atoms with van der Waals surface area (Å²) >= 11 is 7.36. The Bertz CT molecular complexity index is 481. The van der Waals surface area contributed by atoms with Crippen molar-refractivity contribution in [2.75, 3.05) is 0 Å². The Morgan fingerprint density at radius 3 is 2.65 bits per heavy atom. The Labute approximate surface area is 113 Å². The van der Waals surface area contributed by atoms with Gasteiger partial charge in [-0.1, -0.05) is 15.9 Å². The summed E-state index contributed by atoms with van der Waals surface area (Å²) in [6.07, 6.45) is 2.39. The molecule has 1 aromatic carbocycles. The summed E-state index contributed by atoms with van der Waals surface area (Å²) in [6, 6.07) is 5.00. The highest BCUT2D eigenvalue weighted by Gasteiger charge is 2.14. The number of halogens is 1. The minimum Gasteiger partial charge on any atom is -0.478 e. The molecule has 1 atom stereocenters. The first-order valence-corrected chi connectivity index (χ1v) is 6.20. The molecule has 0 radical (unpaired) electrons. The van der Waals surface area contributed by atoms with Crippen molar-refractivity contribution in [1.29, 1.82) is 0 Å². The van der Waals surface area contributed by atoms with E-state index in [1.54, 1.807) is 25.1 Å². The van der Waals surface area contributed by atoms with Gasteiger partial charge in [0.1, 0.15) is 0 Å². The third-order valence-electron chi connectivity index (χ3n) is 2.07. The maximum absolute atomic E-state index is 11.9. The van der Waals surface area contributed by atoms with E-state index < -0.39 is 5.97 Å². The quantitative estimate of drug-likeness (QED) is 0.389. The van der Waals surface area contributed by atoms with Gasteiger partial charge in [0, 0.05) is 16.5 Å². The number of aliphatic carboxylic acids is 1. The number of hydrogen-bond donors (Lipinski definition) is 2. The lowest BCUT2D eigenvalue weighted by Gasteiger charge is -2.07. The van der Waals surface area contributed by atoms with Gasteiger partial charge < -0.3 is 5.11 Å². The van der Waals surface area contributed by atoms with Crippen LogP contribution in [0.4, 0.5) is 0 Å². The number of rotatable bonds is 4. The largest absolute Gasteiger partial charge is 0.478 e. The molecule has 17 heavy (non-hydrogen) atoms. The summed E-state index contributed by atoms with van der Waals surface area (Å²) < 4.78 is 0. The predicted octanol–water partition coefficient (Wildman–Crippen LogP) is 3.04. The number of hydrogen-bond acceptors (Lipinski definition) is 3. The smallest absolute Gasteiger partial charge is 0.328 e. The van der Waals surface area contributed by atoms with Crippen LogP contribution in [0.2, 0.25) is 0 Å². The van der Waals surface area contributed by atoms with Crippen molar-refractivity contribution in [3.05, 3.63) is 35.4 Å². The van der Waals surface area contributed by atoms with E-state index in [1.807, 2.05) is 0 Å². The number of carbonyl (C=O) groups excluding carboxylic acids is 1. The minimum atomic E-state index is -1.06. The Kier molecular flexibility index (Phi) is 4.96. The van der Waals surface area contributed by atoms with E-state index in [0.717, 1.165) is 6.08 Å². The third-order valence-corrected chi connectivity index (χ3v) is 2.76. The van der Waals surface area contributed by atoms with E-state index in [1.165, 1.54) is 6.08 Å². The number of Topliss-reactive ketones (excluding diaryl/α,β-unsaturated/α-hetero) is 1. The van der Waals surface area contributed by atoms with Crippen LogP contribution in [0.3, 0.4) is 0 Å². The Morgan fingerprint density at radius 2 is 2.12 bits per heavy atom. The molecular formula is C12H11BrO3S. The molecule has 0 saturated heterocycles. The Hall–Kier alpha value is -1.07. The lowest BCUT2D eigenvalue weighted by Crippen LogP contribution is -2.11. The number of carboxylic acid groups (broad SMARTS) is 1. The van der Waals surface area contributed by atoms with E-state index in [2.05, 4.69) is 28.6 Å². The number of alkyl halides is 1. The van der Waals surface area contributed by atoms with Crippen molar-refractivity contribution in [1.82, 2.24) is 0 Å².